The van der Waals surface area contributed by atoms with E-state index in [0.29, 0.717) is 6.42 Å². The molecule has 12 nitrogen and oxygen atoms in total. The highest BCUT2D eigenvalue weighted by atomic mass is 16.5. The van der Waals surface area contributed by atoms with Crippen LogP contribution >= 0.6 is 0 Å². The van der Waals surface area contributed by atoms with Gasteiger partial charge in [0.1, 0.15) is 12.1 Å². The minimum absolute atomic E-state index is 0.0396. The van der Waals surface area contributed by atoms with E-state index in [4.69, 9.17) is 4.74 Å². The number of rotatable bonds is 20. The fourth-order valence-electron chi connectivity index (χ4n) is 7.92. The van der Waals surface area contributed by atoms with Crippen molar-refractivity contribution < 1.29 is 33.8 Å². The van der Waals surface area contributed by atoms with Gasteiger partial charge in [0, 0.05) is 39.1 Å². The average molecular weight is 730 g/mol. The van der Waals surface area contributed by atoms with Crippen LogP contribution in [-0.2, 0) is 35.1 Å². The van der Waals surface area contributed by atoms with Crippen LogP contribution < -0.4 is 16.0 Å². The maximum Gasteiger partial charge on any atom is 0.326 e. The number of carboxylic acid groups (broad SMARTS) is 1. The zero-order chi connectivity index (χ0) is 39.4. The fourth-order valence-corrected chi connectivity index (χ4v) is 7.92. The molecule has 52 heavy (non-hydrogen) atoms. The summed E-state index contributed by atoms with van der Waals surface area (Å²) in [6.45, 7) is 17.6. The van der Waals surface area contributed by atoms with Crippen LogP contribution in [0.15, 0.2) is 30.3 Å². The van der Waals surface area contributed by atoms with Gasteiger partial charge in [0.25, 0.3) is 0 Å². The number of ether oxygens (including phenoxy) is 1. The van der Waals surface area contributed by atoms with Gasteiger partial charge in [0.2, 0.25) is 23.6 Å². The molecular weight excluding hydrogens is 662 g/mol. The molecule has 1 aliphatic rings. The highest BCUT2D eigenvalue weighted by Gasteiger charge is 2.44. The minimum Gasteiger partial charge on any atom is -0.480 e. The van der Waals surface area contributed by atoms with Crippen LogP contribution in [0.3, 0.4) is 0 Å². The molecule has 0 spiro atoms. The van der Waals surface area contributed by atoms with Gasteiger partial charge in [-0.3, -0.25) is 19.2 Å². The molecule has 0 aromatic heterocycles. The largest absolute Gasteiger partial charge is 0.480 e. The van der Waals surface area contributed by atoms with E-state index in [1.807, 2.05) is 76.8 Å². The summed E-state index contributed by atoms with van der Waals surface area (Å²) in [5.74, 6) is -3.06. The van der Waals surface area contributed by atoms with Crippen molar-refractivity contribution in [1.82, 2.24) is 25.8 Å². The topological polar surface area (TPSA) is 157 Å². The Hall–Kier alpha value is -3.51. The predicted molar refractivity (Wildman–Crippen MR) is 203 cm³/mol. The molecule has 1 heterocycles. The third-order valence-electron chi connectivity index (χ3n) is 11.0. The minimum atomic E-state index is -1.13. The first-order valence-corrected chi connectivity index (χ1v) is 19.1. The molecule has 0 bridgehead atoms. The molecule has 1 aromatic rings. The van der Waals surface area contributed by atoms with Gasteiger partial charge in [-0.15, -0.1) is 0 Å². The number of hydrogen-bond donors (Lipinski definition) is 4. The second-order valence-electron chi connectivity index (χ2n) is 15.6. The van der Waals surface area contributed by atoms with Gasteiger partial charge in [-0.1, -0.05) is 92.1 Å². The van der Waals surface area contributed by atoms with Crippen molar-refractivity contribution >= 4 is 29.6 Å². The van der Waals surface area contributed by atoms with Crippen molar-refractivity contribution in [2.75, 3.05) is 21.2 Å². The summed E-state index contributed by atoms with van der Waals surface area (Å²) >= 11 is 0. The lowest BCUT2D eigenvalue weighted by Crippen LogP contribution is -2.58. The molecule has 294 valence electrons. The number of carboxylic acids is 1. The molecule has 0 saturated carbocycles. The van der Waals surface area contributed by atoms with E-state index < -0.39 is 42.0 Å². The second kappa shape index (κ2) is 20.7. The summed E-state index contributed by atoms with van der Waals surface area (Å²) in [6.07, 6.45) is 1.82. The van der Waals surface area contributed by atoms with Crippen LogP contribution in [0.1, 0.15) is 93.6 Å². The molecule has 1 saturated heterocycles. The molecule has 4 N–H and O–H groups in total. The quantitative estimate of drug-likeness (QED) is 0.156. The van der Waals surface area contributed by atoms with Crippen LogP contribution in [0, 0.1) is 29.6 Å². The van der Waals surface area contributed by atoms with Crippen molar-refractivity contribution in [2.45, 2.75) is 137 Å². The lowest BCUT2D eigenvalue weighted by atomic mass is 9.84. The lowest BCUT2D eigenvalue weighted by molar-refractivity contribution is -0.146. The Kier molecular flexibility index (Phi) is 17.7. The van der Waals surface area contributed by atoms with Crippen LogP contribution in [0.4, 0.5) is 0 Å². The van der Waals surface area contributed by atoms with E-state index in [0.717, 1.165) is 18.4 Å². The summed E-state index contributed by atoms with van der Waals surface area (Å²) in [5, 5.41) is 18.6. The number of nitrogens with one attached hydrogen (secondary N) is 3. The Morgan fingerprint density at radius 3 is 2.00 bits per heavy atom. The third-order valence-corrected chi connectivity index (χ3v) is 11.0. The molecule has 1 aliphatic heterocycles. The summed E-state index contributed by atoms with van der Waals surface area (Å²) in [6, 6.07) is 6.10. The van der Waals surface area contributed by atoms with Gasteiger partial charge in [-0.25, -0.2) is 4.79 Å². The van der Waals surface area contributed by atoms with Gasteiger partial charge in [-0.2, -0.15) is 0 Å². The lowest BCUT2D eigenvalue weighted by Gasteiger charge is -2.41. The molecule has 2 unspecified atom stereocenters. The van der Waals surface area contributed by atoms with Crippen molar-refractivity contribution in [2.24, 2.45) is 29.6 Å². The number of methoxy groups -OCH3 is 1. The van der Waals surface area contributed by atoms with E-state index >= 15 is 0 Å². The zero-order valence-corrected chi connectivity index (χ0v) is 33.6. The van der Waals surface area contributed by atoms with Crippen molar-refractivity contribution in [1.29, 1.82) is 0 Å². The smallest absolute Gasteiger partial charge is 0.326 e. The summed E-state index contributed by atoms with van der Waals surface area (Å²) in [7, 11) is 5.02. The van der Waals surface area contributed by atoms with Crippen LogP contribution in [0.5, 0.6) is 0 Å². The highest BCUT2D eigenvalue weighted by molar-refractivity contribution is 5.90. The fraction of sp³-hybridized carbons (Fsp3) is 0.725. The number of likely N-dealkylation sites (tertiary alicyclic amines) is 1. The molecule has 0 radical (unpaired) electrons. The third kappa shape index (κ3) is 11.5. The van der Waals surface area contributed by atoms with Crippen molar-refractivity contribution in [3.8, 4) is 0 Å². The number of nitrogens with zero attached hydrogens (tertiary/aromatic N) is 2. The molecule has 2 rings (SSSR count). The molecule has 1 aromatic carbocycles. The first-order chi connectivity index (χ1) is 24.4. The maximum atomic E-state index is 14.3. The summed E-state index contributed by atoms with van der Waals surface area (Å²) in [5.41, 5.74) is 0.794. The van der Waals surface area contributed by atoms with Gasteiger partial charge in [-0.05, 0) is 56.0 Å². The van der Waals surface area contributed by atoms with Gasteiger partial charge < -0.3 is 35.6 Å². The number of benzene rings is 1. The number of amides is 4. The molecule has 12 heteroatoms. The highest BCUT2D eigenvalue weighted by Crippen LogP contribution is 2.33. The van der Waals surface area contributed by atoms with E-state index in [1.165, 1.54) is 7.11 Å². The molecule has 10 atom stereocenters. The van der Waals surface area contributed by atoms with Crippen LogP contribution in [0.2, 0.25) is 0 Å². The molecule has 1 fully saturated rings. The number of hydrogen-bond acceptors (Lipinski definition) is 7. The maximum absolute atomic E-state index is 14.3. The Balaban J connectivity index is 2.26. The van der Waals surface area contributed by atoms with Crippen LogP contribution in [-0.4, -0.2) is 108 Å². The van der Waals surface area contributed by atoms with Crippen molar-refractivity contribution in [3.05, 3.63) is 35.9 Å². The number of likely N-dealkylation sites (N-methyl/N-ethyl adjacent to an activating group) is 2. The number of aliphatic carboxylic acids is 1. The standard InChI is InChI=1S/C40H67N5O7/c1-13-25(6)35(44(11)39(49)34(24(4)5)43-38(48)33(41-10)23(2)3)26(7)21-32(46)45-27(8)19-20-31(45)36(52-12)28(9)37(47)42-30(40(50)51)22-29-17-15-14-16-18-29/h14-18,23-28,30-31,33-36,41H,13,19-22H2,1-12H3,(H,42,47)(H,43,48)(H,50,51)/t25-,26?,27-,28+,30?,31-,33-,34-,35-,36+/m0/s1. The SMILES string of the molecule is CC[C@H](C)[C@@H](C(C)CC(=O)N1[C@@H](C)CC[C@H]1[C@H](OC)[C@@H](C)C(=O)NC(Cc1ccccc1)C(=O)O)N(C)C(=O)[C@@H](NC(=O)[C@@H](NC)C(C)C)C(C)C. The number of carbonyl (C=O) groups is 5. The first kappa shape index (κ1) is 44.7. The van der Waals surface area contributed by atoms with E-state index in [9.17, 15) is 29.1 Å². The van der Waals surface area contributed by atoms with E-state index in [1.54, 1.807) is 25.9 Å². The summed E-state index contributed by atoms with van der Waals surface area (Å²) < 4.78 is 5.91. The Labute approximate surface area is 312 Å². The Bertz CT molecular complexity index is 1320. The van der Waals surface area contributed by atoms with E-state index in [2.05, 4.69) is 29.8 Å². The predicted octanol–water partition coefficient (Wildman–Crippen LogP) is 4.11. The summed E-state index contributed by atoms with van der Waals surface area (Å²) in [4.78, 5) is 70.7. The van der Waals surface area contributed by atoms with Gasteiger partial charge in [0.15, 0.2) is 0 Å². The zero-order valence-electron chi connectivity index (χ0n) is 33.6. The van der Waals surface area contributed by atoms with Gasteiger partial charge in [0.05, 0.1) is 24.1 Å². The average Bonchev–Trinajstić information content (AvgIpc) is 3.47. The normalized spacial score (nSPS) is 20.7. The molecular formula is C40H67N5O7. The van der Waals surface area contributed by atoms with Gasteiger partial charge >= 0.3 is 5.97 Å². The first-order valence-electron chi connectivity index (χ1n) is 19.1. The monoisotopic (exact) mass is 730 g/mol. The van der Waals surface area contributed by atoms with Crippen LogP contribution in [0.25, 0.3) is 0 Å². The Morgan fingerprint density at radius 1 is 0.904 bits per heavy atom. The number of carbonyl (C=O) groups excluding carboxylic acids is 4. The Morgan fingerprint density at radius 2 is 1.50 bits per heavy atom. The second-order valence-corrected chi connectivity index (χ2v) is 15.6. The van der Waals surface area contributed by atoms with E-state index in [-0.39, 0.29) is 72.4 Å². The van der Waals surface area contributed by atoms with Crippen molar-refractivity contribution in [3.63, 3.8) is 0 Å². The molecule has 0 aliphatic carbocycles. The molecule has 4 amide bonds.